The lowest BCUT2D eigenvalue weighted by molar-refractivity contribution is -0.157. The molecule has 4 fully saturated rings. The third-order valence-electron chi connectivity index (χ3n) is 10.7. The highest BCUT2D eigenvalue weighted by Crippen LogP contribution is 2.64. The third kappa shape index (κ3) is 5.72. The van der Waals surface area contributed by atoms with Gasteiger partial charge < -0.3 is 26.4 Å². The fraction of sp³-hybridized carbons (Fsp3) is 0.929. The molecule has 0 saturated heterocycles. The SMILES string of the molecule is C[C@]12CC[C@@H](O)C[C@H]1C[C@@H](O)[C@H]1C3CC[C@H](CCCC(=O)NC(CCCCN)C(=O)O)[C@H]3CC[C@@H]12. The number of carboxylic acids is 1. The summed E-state index contributed by atoms with van der Waals surface area (Å²) in [5.41, 5.74) is 5.75. The van der Waals surface area contributed by atoms with Gasteiger partial charge in [-0.15, -0.1) is 0 Å². The number of fused-ring (bicyclic) bond motifs is 5. The topological polar surface area (TPSA) is 133 Å². The molecule has 35 heavy (non-hydrogen) atoms. The fourth-order valence-electron chi connectivity index (χ4n) is 8.90. The zero-order chi connectivity index (χ0) is 25.2. The molecule has 4 saturated carbocycles. The van der Waals surface area contributed by atoms with E-state index in [9.17, 15) is 24.9 Å². The molecule has 0 aromatic rings. The number of rotatable bonds is 10. The minimum absolute atomic E-state index is 0.162. The van der Waals surface area contributed by atoms with Gasteiger partial charge in [0.05, 0.1) is 12.2 Å². The van der Waals surface area contributed by atoms with Gasteiger partial charge in [0.25, 0.3) is 0 Å². The number of aliphatic hydroxyl groups is 2. The van der Waals surface area contributed by atoms with E-state index < -0.39 is 12.0 Å². The summed E-state index contributed by atoms with van der Waals surface area (Å²) in [4.78, 5) is 23.9. The molecule has 0 bridgehead atoms. The number of unbranched alkanes of at least 4 members (excludes halogenated alkanes) is 1. The lowest BCUT2D eigenvalue weighted by Gasteiger charge is -2.60. The molecule has 0 heterocycles. The van der Waals surface area contributed by atoms with Crippen LogP contribution in [-0.4, -0.2) is 52.0 Å². The molecule has 7 heteroatoms. The number of amides is 1. The summed E-state index contributed by atoms with van der Waals surface area (Å²) in [6.07, 6.45) is 12.1. The van der Waals surface area contributed by atoms with E-state index in [2.05, 4.69) is 12.2 Å². The molecule has 0 aliphatic heterocycles. The van der Waals surface area contributed by atoms with Crippen molar-refractivity contribution in [2.45, 2.75) is 115 Å². The lowest BCUT2D eigenvalue weighted by Crippen LogP contribution is -2.56. The first-order valence-corrected chi connectivity index (χ1v) is 14.3. The van der Waals surface area contributed by atoms with Crippen LogP contribution in [0.2, 0.25) is 0 Å². The van der Waals surface area contributed by atoms with Crippen molar-refractivity contribution in [1.29, 1.82) is 0 Å². The van der Waals surface area contributed by atoms with Gasteiger partial charge >= 0.3 is 5.97 Å². The molecular formula is C28H48N2O5. The Kier molecular flexibility index (Phi) is 8.81. The van der Waals surface area contributed by atoms with Crippen LogP contribution in [0.4, 0.5) is 0 Å². The molecule has 200 valence electrons. The molecule has 0 radical (unpaired) electrons. The molecule has 0 aromatic heterocycles. The molecule has 0 spiro atoms. The second-order valence-corrected chi connectivity index (χ2v) is 12.5. The van der Waals surface area contributed by atoms with Crippen LogP contribution in [0.3, 0.4) is 0 Å². The molecule has 4 aliphatic rings. The Morgan fingerprint density at radius 1 is 1.03 bits per heavy atom. The van der Waals surface area contributed by atoms with E-state index in [0.717, 1.165) is 44.9 Å². The first kappa shape index (κ1) is 26.9. The lowest BCUT2D eigenvalue weighted by atomic mass is 9.46. The fourth-order valence-corrected chi connectivity index (χ4v) is 8.90. The van der Waals surface area contributed by atoms with Crippen LogP contribution in [0.5, 0.6) is 0 Å². The zero-order valence-electron chi connectivity index (χ0n) is 21.5. The minimum Gasteiger partial charge on any atom is -0.480 e. The summed E-state index contributed by atoms with van der Waals surface area (Å²) in [5, 5.41) is 33.6. The standard InChI is InChI=1S/C28H48N2O5/c1-28-13-12-19(31)15-18(28)16-24(32)26-21-9-8-17(20(21)10-11-22(26)28)5-4-7-25(33)30-23(27(34)35)6-2-3-14-29/h17-24,26,31-32H,2-16,29H2,1H3,(H,30,33)(H,34,35)/t17-,18-,19+,20+,21?,22-,23?,24+,26-,28-/m0/s1. The van der Waals surface area contributed by atoms with Gasteiger partial charge in [-0.25, -0.2) is 4.79 Å². The van der Waals surface area contributed by atoms with E-state index >= 15 is 0 Å². The highest BCUT2D eigenvalue weighted by Gasteiger charge is 2.59. The molecule has 4 aliphatic carbocycles. The molecule has 1 amide bonds. The quantitative estimate of drug-likeness (QED) is 0.297. The number of carbonyl (C=O) groups excluding carboxylic acids is 1. The van der Waals surface area contributed by atoms with E-state index in [0.29, 0.717) is 61.3 Å². The normalized spacial score (nSPS) is 41.4. The van der Waals surface area contributed by atoms with Crippen molar-refractivity contribution in [1.82, 2.24) is 5.32 Å². The van der Waals surface area contributed by atoms with E-state index in [-0.39, 0.29) is 23.5 Å². The van der Waals surface area contributed by atoms with Crippen molar-refractivity contribution >= 4 is 11.9 Å². The molecule has 10 atom stereocenters. The van der Waals surface area contributed by atoms with Gasteiger partial charge in [-0.1, -0.05) is 6.92 Å². The number of carboxylic acid groups (broad SMARTS) is 1. The van der Waals surface area contributed by atoms with E-state index in [1.807, 2.05) is 0 Å². The summed E-state index contributed by atoms with van der Waals surface area (Å²) in [6, 6.07) is -0.820. The Morgan fingerprint density at radius 3 is 2.54 bits per heavy atom. The number of nitrogens with one attached hydrogen (secondary N) is 1. The van der Waals surface area contributed by atoms with Crippen molar-refractivity contribution in [3.63, 3.8) is 0 Å². The first-order valence-electron chi connectivity index (χ1n) is 14.3. The van der Waals surface area contributed by atoms with Crippen LogP contribution >= 0.6 is 0 Å². The number of nitrogens with two attached hydrogens (primary N) is 1. The number of carbonyl (C=O) groups is 2. The molecular weight excluding hydrogens is 444 g/mol. The van der Waals surface area contributed by atoms with Gasteiger partial charge in [-0.2, -0.15) is 0 Å². The summed E-state index contributed by atoms with van der Waals surface area (Å²) in [5.74, 6) is 2.12. The monoisotopic (exact) mass is 492 g/mol. The number of hydrogen-bond donors (Lipinski definition) is 5. The maximum Gasteiger partial charge on any atom is 0.326 e. The predicted molar refractivity (Wildman–Crippen MR) is 134 cm³/mol. The zero-order valence-corrected chi connectivity index (χ0v) is 21.5. The number of aliphatic carboxylic acids is 1. The second kappa shape index (κ2) is 11.5. The maximum atomic E-state index is 12.4. The average Bonchev–Trinajstić information content (AvgIpc) is 3.23. The van der Waals surface area contributed by atoms with E-state index in [4.69, 9.17) is 5.73 Å². The van der Waals surface area contributed by atoms with Gasteiger partial charge in [-0.05, 0) is 131 Å². The summed E-state index contributed by atoms with van der Waals surface area (Å²) in [6.45, 7) is 2.98. The van der Waals surface area contributed by atoms with Gasteiger partial charge in [0, 0.05) is 6.42 Å². The van der Waals surface area contributed by atoms with Gasteiger partial charge in [0.1, 0.15) is 6.04 Å². The molecule has 2 unspecified atom stereocenters. The minimum atomic E-state index is -0.972. The van der Waals surface area contributed by atoms with Crippen LogP contribution in [0.1, 0.15) is 96.8 Å². The average molecular weight is 493 g/mol. The van der Waals surface area contributed by atoms with E-state index in [1.165, 1.54) is 25.7 Å². The van der Waals surface area contributed by atoms with Gasteiger partial charge in [0.2, 0.25) is 5.91 Å². The smallest absolute Gasteiger partial charge is 0.326 e. The van der Waals surface area contributed by atoms with Crippen molar-refractivity contribution in [3.8, 4) is 0 Å². The summed E-state index contributed by atoms with van der Waals surface area (Å²) in [7, 11) is 0. The van der Waals surface area contributed by atoms with Crippen molar-refractivity contribution < 1.29 is 24.9 Å². The summed E-state index contributed by atoms with van der Waals surface area (Å²) >= 11 is 0. The number of hydrogen-bond acceptors (Lipinski definition) is 5. The third-order valence-corrected chi connectivity index (χ3v) is 10.7. The Hall–Kier alpha value is -1.18. The van der Waals surface area contributed by atoms with Crippen LogP contribution in [-0.2, 0) is 9.59 Å². The summed E-state index contributed by atoms with van der Waals surface area (Å²) < 4.78 is 0. The van der Waals surface area contributed by atoms with Gasteiger partial charge in [0.15, 0.2) is 0 Å². The Balaban J connectivity index is 1.28. The van der Waals surface area contributed by atoms with E-state index in [1.54, 1.807) is 0 Å². The molecule has 4 rings (SSSR count). The second-order valence-electron chi connectivity index (χ2n) is 12.5. The highest BCUT2D eigenvalue weighted by atomic mass is 16.4. The Morgan fingerprint density at radius 2 is 1.80 bits per heavy atom. The Bertz CT molecular complexity index is 747. The van der Waals surface area contributed by atoms with Crippen LogP contribution < -0.4 is 11.1 Å². The predicted octanol–water partition coefficient (Wildman–Crippen LogP) is 3.46. The molecule has 6 N–H and O–H groups in total. The van der Waals surface area contributed by atoms with Gasteiger partial charge in [-0.3, -0.25) is 4.79 Å². The van der Waals surface area contributed by atoms with Crippen molar-refractivity contribution in [2.24, 2.45) is 46.7 Å². The van der Waals surface area contributed by atoms with Crippen molar-refractivity contribution in [2.75, 3.05) is 6.54 Å². The highest BCUT2D eigenvalue weighted by molar-refractivity contribution is 5.83. The molecule has 0 aromatic carbocycles. The van der Waals surface area contributed by atoms with Crippen LogP contribution in [0, 0.1) is 40.9 Å². The first-order chi connectivity index (χ1) is 16.7. The van der Waals surface area contributed by atoms with Crippen LogP contribution in [0.25, 0.3) is 0 Å². The largest absolute Gasteiger partial charge is 0.480 e. The van der Waals surface area contributed by atoms with Crippen LogP contribution in [0.15, 0.2) is 0 Å². The Labute approximate surface area is 210 Å². The molecule has 7 nitrogen and oxygen atoms in total. The number of aliphatic hydroxyl groups excluding tert-OH is 2. The maximum absolute atomic E-state index is 12.4. The van der Waals surface area contributed by atoms with Crippen molar-refractivity contribution in [3.05, 3.63) is 0 Å².